The minimum absolute atomic E-state index is 0.0356. The molecule has 0 atom stereocenters. The van der Waals surface area contributed by atoms with Crippen molar-refractivity contribution in [2.75, 3.05) is 7.11 Å². The molecule has 0 amide bonds. The van der Waals surface area contributed by atoms with Gasteiger partial charge in [-0.1, -0.05) is 0 Å². The first-order chi connectivity index (χ1) is 11.9. The molecular formula is C17H9F2NO5. The normalized spacial score (nSPS) is 11.8. The molecule has 1 aliphatic heterocycles. The molecule has 8 heteroatoms. The average Bonchev–Trinajstić information content (AvgIpc) is 2.60. The predicted molar refractivity (Wildman–Crippen MR) is 83.0 cm³/mol. The molecule has 3 aromatic rings. The molecule has 1 aromatic heterocycles. The number of carboxylic acids is 1. The van der Waals surface area contributed by atoms with E-state index in [0.29, 0.717) is 17.5 Å². The summed E-state index contributed by atoms with van der Waals surface area (Å²) in [6, 6.07) is 5.29. The molecule has 0 unspecified atom stereocenters. The molecule has 1 aliphatic rings. The number of fused-ring (bicyclic) bond motifs is 2. The highest BCUT2D eigenvalue weighted by atomic mass is 19.2. The Morgan fingerprint density at radius 1 is 1.28 bits per heavy atom. The maximum atomic E-state index is 14.3. The summed E-state index contributed by atoms with van der Waals surface area (Å²) >= 11 is 0. The number of carbonyl (C=O) groups is 1. The fraction of sp³-hybridized carbons (Fsp3) is 0.0588. The van der Waals surface area contributed by atoms with Gasteiger partial charge in [-0.15, -0.1) is 0 Å². The molecule has 0 saturated carbocycles. The first kappa shape index (κ1) is 15.1. The van der Waals surface area contributed by atoms with Crippen molar-refractivity contribution in [3.8, 4) is 22.9 Å². The molecule has 1 N–H and O–H groups in total. The van der Waals surface area contributed by atoms with Crippen molar-refractivity contribution in [1.82, 2.24) is 4.57 Å². The van der Waals surface area contributed by atoms with Crippen LogP contribution >= 0.6 is 0 Å². The highest BCUT2D eigenvalue weighted by Crippen LogP contribution is 2.43. The van der Waals surface area contributed by atoms with Crippen molar-refractivity contribution in [1.29, 1.82) is 0 Å². The van der Waals surface area contributed by atoms with E-state index in [2.05, 4.69) is 0 Å². The zero-order valence-corrected chi connectivity index (χ0v) is 12.7. The minimum Gasteiger partial charge on any atom is -0.497 e. The fourth-order valence-corrected chi connectivity index (χ4v) is 2.85. The highest BCUT2D eigenvalue weighted by molar-refractivity contribution is 5.96. The number of hydrogen-bond donors (Lipinski definition) is 1. The molecule has 2 aromatic carbocycles. The average molecular weight is 345 g/mol. The summed E-state index contributed by atoms with van der Waals surface area (Å²) in [6.07, 6.45) is 1.07. The summed E-state index contributed by atoms with van der Waals surface area (Å²) in [5, 5.41) is 8.97. The van der Waals surface area contributed by atoms with Crippen molar-refractivity contribution < 1.29 is 28.2 Å². The summed E-state index contributed by atoms with van der Waals surface area (Å²) in [5.74, 6) is -3.97. The van der Waals surface area contributed by atoms with Crippen molar-refractivity contribution in [2.45, 2.75) is 0 Å². The third-order valence-electron chi connectivity index (χ3n) is 4.01. The standard InChI is InChI=1S/C17H9F2NO5/c1-24-7-2-3-11-12(4-7)25-16-13(19)10(18)5-8-14(16)20(11)6-9(15(8)21)17(22)23/h2-6H,1H3,(H,22,23). The third-order valence-corrected chi connectivity index (χ3v) is 4.01. The fourth-order valence-electron chi connectivity index (χ4n) is 2.85. The first-order valence-corrected chi connectivity index (χ1v) is 7.09. The van der Waals surface area contributed by atoms with Crippen LogP contribution in [0.25, 0.3) is 16.6 Å². The Labute approximate surface area is 138 Å². The van der Waals surface area contributed by atoms with Gasteiger partial charge in [-0.25, -0.2) is 9.18 Å². The van der Waals surface area contributed by atoms with Gasteiger partial charge in [-0.2, -0.15) is 4.39 Å². The Balaban J connectivity index is 2.21. The zero-order chi connectivity index (χ0) is 17.9. The number of methoxy groups -OCH3 is 1. The Kier molecular flexibility index (Phi) is 3.05. The number of halogens is 2. The molecule has 126 valence electrons. The zero-order valence-electron chi connectivity index (χ0n) is 12.7. The van der Waals surface area contributed by atoms with Crippen molar-refractivity contribution in [3.63, 3.8) is 0 Å². The molecule has 0 saturated heterocycles. The summed E-state index contributed by atoms with van der Waals surface area (Å²) in [6.45, 7) is 0. The van der Waals surface area contributed by atoms with Crippen LogP contribution in [0.2, 0.25) is 0 Å². The van der Waals surface area contributed by atoms with E-state index in [4.69, 9.17) is 9.47 Å². The van der Waals surface area contributed by atoms with Crippen molar-refractivity contribution >= 4 is 16.9 Å². The van der Waals surface area contributed by atoms with Crippen LogP contribution in [0.5, 0.6) is 17.2 Å². The van der Waals surface area contributed by atoms with Gasteiger partial charge in [-0.3, -0.25) is 4.79 Å². The van der Waals surface area contributed by atoms with E-state index >= 15 is 0 Å². The number of aromatic carboxylic acids is 1. The molecule has 0 spiro atoms. The molecular weight excluding hydrogens is 336 g/mol. The second-order valence-electron chi connectivity index (χ2n) is 5.38. The van der Waals surface area contributed by atoms with E-state index in [0.717, 1.165) is 6.20 Å². The number of ether oxygens (including phenoxy) is 2. The van der Waals surface area contributed by atoms with E-state index in [1.807, 2.05) is 0 Å². The molecule has 0 radical (unpaired) electrons. The summed E-state index contributed by atoms with van der Waals surface area (Å²) in [5.41, 5.74) is -1.15. The Hall–Kier alpha value is -3.42. The van der Waals surface area contributed by atoms with E-state index in [1.165, 1.54) is 17.7 Å². The number of hydrogen-bond acceptors (Lipinski definition) is 4. The van der Waals surface area contributed by atoms with Crippen molar-refractivity contribution in [2.24, 2.45) is 0 Å². The highest BCUT2D eigenvalue weighted by Gasteiger charge is 2.28. The maximum Gasteiger partial charge on any atom is 0.341 e. The SMILES string of the molecule is COc1ccc2c(c1)Oc1c(F)c(F)cc3c(=O)c(C(=O)O)cn-2c13. The first-order valence-electron chi connectivity index (χ1n) is 7.09. The summed E-state index contributed by atoms with van der Waals surface area (Å²) < 4.78 is 40.0. The van der Waals surface area contributed by atoms with Crippen LogP contribution < -0.4 is 14.9 Å². The predicted octanol–water partition coefficient (Wildman–Crippen LogP) is 3.08. The number of pyridine rings is 1. The van der Waals surface area contributed by atoms with E-state index in [9.17, 15) is 23.5 Å². The van der Waals surface area contributed by atoms with Crippen LogP contribution in [-0.4, -0.2) is 22.8 Å². The Morgan fingerprint density at radius 2 is 2.04 bits per heavy atom. The number of nitrogens with zero attached hydrogens (tertiary/aromatic N) is 1. The molecule has 4 rings (SSSR count). The Morgan fingerprint density at radius 3 is 2.72 bits per heavy atom. The van der Waals surface area contributed by atoms with Crippen LogP contribution in [0.1, 0.15) is 10.4 Å². The smallest absolute Gasteiger partial charge is 0.341 e. The summed E-state index contributed by atoms with van der Waals surface area (Å²) in [7, 11) is 1.43. The minimum atomic E-state index is -1.47. The van der Waals surface area contributed by atoms with Crippen LogP contribution in [0.15, 0.2) is 35.3 Å². The van der Waals surface area contributed by atoms with Crippen molar-refractivity contribution in [3.05, 3.63) is 57.9 Å². The van der Waals surface area contributed by atoms with Gasteiger partial charge in [0.25, 0.3) is 0 Å². The lowest BCUT2D eigenvalue weighted by molar-refractivity contribution is 0.0695. The van der Waals surface area contributed by atoms with E-state index < -0.39 is 34.3 Å². The number of carboxylic acid groups (broad SMARTS) is 1. The molecule has 6 nitrogen and oxygen atoms in total. The molecule has 0 aliphatic carbocycles. The van der Waals surface area contributed by atoms with Gasteiger partial charge in [0.05, 0.1) is 18.2 Å². The topological polar surface area (TPSA) is 77.8 Å². The van der Waals surface area contributed by atoms with E-state index in [1.54, 1.807) is 12.1 Å². The monoisotopic (exact) mass is 345 g/mol. The third kappa shape index (κ3) is 2.00. The second-order valence-corrected chi connectivity index (χ2v) is 5.38. The van der Waals surface area contributed by atoms with Crippen LogP contribution in [0, 0.1) is 11.6 Å². The lowest BCUT2D eigenvalue weighted by Crippen LogP contribution is -2.21. The lowest BCUT2D eigenvalue weighted by atomic mass is 10.1. The molecule has 0 bridgehead atoms. The second kappa shape index (κ2) is 5.04. The number of aromatic nitrogens is 1. The Bertz CT molecular complexity index is 1140. The van der Waals surface area contributed by atoms with Gasteiger partial charge < -0.3 is 19.1 Å². The molecule has 25 heavy (non-hydrogen) atoms. The van der Waals surface area contributed by atoms with Gasteiger partial charge in [-0.05, 0) is 18.2 Å². The molecule has 0 fully saturated rings. The van der Waals surface area contributed by atoms with Gasteiger partial charge >= 0.3 is 5.97 Å². The van der Waals surface area contributed by atoms with Gasteiger partial charge in [0, 0.05) is 12.3 Å². The van der Waals surface area contributed by atoms with Gasteiger partial charge in [0.1, 0.15) is 16.8 Å². The van der Waals surface area contributed by atoms with Gasteiger partial charge in [0.15, 0.2) is 17.3 Å². The van der Waals surface area contributed by atoms with Crippen LogP contribution in [0.4, 0.5) is 8.78 Å². The van der Waals surface area contributed by atoms with Crippen LogP contribution in [0.3, 0.4) is 0 Å². The molecule has 2 heterocycles. The quantitative estimate of drug-likeness (QED) is 0.604. The summed E-state index contributed by atoms with van der Waals surface area (Å²) in [4.78, 5) is 23.7. The van der Waals surface area contributed by atoms with Crippen LogP contribution in [-0.2, 0) is 0 Å². The van der Waals surface area contributed by atoms with E-state index in [-0.39, 0.29) is 16.7 Å². The largest absolute Gasteiger partial charge is 0.497 e. The number of rotatable bonds is 2. The maximum absolute atomic E-state index is 14.3. The lowest BCUT2D eigenvalue weighted by Gasteiger charge is -2.24. The van der Waals surface area contributed by atoms with Gasteiger partial charge in [0.2, 0.25) is 11.2 Å². The number of benzene rings is 2.